The third-order valence-electron chi connectivity index (χ3n) is 3.90. The molecule has 0 bridgehead atoms. The van der Waals surface area contributed by atoms with Gasteiger partial charge in [-0.15, -0.1) is 0 Å². The Morgan fingerprint density at radius 1 is 1.15 bits per heavy atom. The molecule has 2 nitrogen and oxygen atoms in total. The van der Waals surface area contributed by atoms with Gasteiger partial charge in [0.25, 0.3) is 0 Å². The molecule has 1 aliphatic rings. The highest BCUT2D eigenvalue weighted by atomic mass is 35.5. The predicted octanol–water partition coefficient (Wildman–Crippen LogP) is 3.46. The van der Waals surface area contributed by atoms with Gasteiger partial charge in [0, 0.05) is 17.0 Å². The first-order valence-electron chi connectivity index (χ1n) is 6.93. The van der Waals surface area contributed by atoms with Crippen molar-refractivity contribution >= 4 is 11.6 Å². The van der Waals surface area contributed by atoms with Gasteiger partial charge < -0.3 is 10.5 Å². The third kappa shape index (κ3) is 2.97. The molecule has 0 aliphatic carbocycles. The largest absolute Gasteiger partial charge is 0.493 e. The van der Waals surface area contributed by atoms with E-state index >= 15 is 0 Å². The second kappa shape index (κ2) is 5.86. The summed E-state index contributed by atoms with van der Waals surface area (Å²) in [4.78, 5) is 0. The van der Waals surface area contributed by atoms with Crippen molar-refractivity contribution in [2.45, 2.75) is 18.9 Å². The molecule has 0 saturated heterocycles. The molecule has 0 radical (unpaired) electrons. The molecular weight excluding hydrogens is 270 g/mol. The molecule has 0 saturated carbocycles. The molecule has 0 aromatic heterocycles. The molecule has 0 fully saturated rings. The van der Waals surface area contributed by atoms with Gasteiger partial charge in [0.05, 0.1) is 6.61 Å². The molecule has 104 valence electrons. The van der Waals surface area contributed by atoms with Crippen molar-refractivity contribution in [2.75, 3.05) is 6.61 Å². The third-order valence-corrected chi connectivity index (χ3v) is 4.15. The van der Waals surface area contributed by atoms with Crippen LogP contribution in [0.2, 0.25) is 5.02 Å². The maximum absolute atomic E-state index is 6.36. The molecule has 2 unspecified atom stereocenters. The van der Waals surface area contributed by atoms with E-state index in [0.29, 0.717) is 12.5 Å². The minimum absolute atomic E-state index is 0.101. The predicted molar refractivity (Wildman–Crippen MR) is 82.3 cm³/mol. The Kier molecular flexibility index (Phi) is 3.95. The van der Waals surface area contributed by atoms with Gasteiger partial charge in [0.2, 0.25) is 0 Å². The fourth-order valence-corrected chi connectivity index (χ4v) is 2.81. The van der Waals surface area contributed by atoms with Crippen molar-refractivity contribution in [3.05, 3.63) is 64.7 Å². The van der Waals surface area contributed by atoms with Gasteiger partial charge in [-0.1, -0.05) is 41.9 Å². The number of nitrogens with two attached hydrogens (primary N) is 1. The number of para-hydroxylation sites is 1. The van der Waals surface area contributed by atoms with Gasteiger partial charge in [-0.3, -0.25) is 0 Å². The van der Waals surface area contributed by atoms with Crippen LogP contribution in [0.25, 0.3) is 0 Å². The minimum atomic E-state index is 0.101. The number of rotatable bonds is 3. The van der Waals surface area contributed by atoms with Crippen LogP contribution >= 0.6 is 11.6 Å². The van der Waals surface area contributed by atoms with Crippen LogP contribution in [0.4, 0.5) is 0 Å². The van der Waals surface area contributed by atoms with Crippen LogP contribution in [0.1, 0.15) is 11.1 Å². The summed E-state index contributed by atoms with van der Waals surface area (Å²) in [5.74, 6) is 1.36. The second-order valence-electron chi connectivity index (χ2n) is 5.38. The summed E-state index contributed by atoms with van der Waals surface area (Å²) < 4.78 is 5.81. The van der Waals surface area contributed by atoms with E-state index in [2.05, 4.69) is 12.1 Å². The lowest BCUT2D eigenvalue weighted by atomic mass is 9.87. The van der Waals surface area contributed by atoms with Crippen LogP contribution in [0, 0.1) is 5.92 Å². The molecule has 0 amide bonds. The zero-order valence-electron chi connectivity index (χ0n) is 11.3. The Labute approximate surface area is 124 Å². The van der Waals surface area contributed by atoms with Crippen molar-refractivity contribution in [2.24, 2.45) is 11.7 Å². The highest BCUT2D eigenvalue weighted by Crippen LogP contribution is 2.28. The summed E-state index contributed by atoms with van der Waals surface area (Å²) in [6, 6.07) is 16.2. The second-order valence-corrected chi connectivity index (χ2v) is 5.81. The first-order valence-corrected chi connectivity index (χ1v) is 7.31. The lowest BCUT2D eigenvalue weighted by Crippen LogP contribution is -2.39. The Morgan fingerprint density at radius 3 is 2.70 bits per heavy atom. The lowest BCUT2D eigenvalue weighted by molar-refractivity contribution is 0.199. The van der Waals surface area contributed by atoms with Crippen molar-refractivity contribution in [3.63, 3.8) is 0 Å². The number of benzene rings is 2. The van der Waals surface area contributed by atoms with E-state index in [9.17, 15) is 0 Å². The van der Waals surface area contributed by atoms with Gasteiger partial charge >= 0.3 is 0 Å². The Bertz CT molecular complexity index is 582. The van der Waals surface area contributed by atoms with Crippen molar-refractivity contribution in [3.8, 4) is 5.75 Å². The summed E-state index contributed by atoms with van der Waals surface area (Å²) in [6.07, 6.45) is 1.85. The molecule has 20 heavy (non-hydrogen) atoms. The van der Waals surface area contributed by atoms with Crippen LogP contribution < -0.4 is 10.5 Å². The maximum Gasteiger partial charge on any atom is 0.122 e. The molecule has 2 aromatic rings. The van der Waals surface area contributed by atoms with Gasteiger partial charge in [-0.25, -0.2) is 0 Å². The van der Waals surface area contributed by atoms with E-state index in [1.807, 2.05) is 36.4 Å². The van der Waals surface area contributed by atoms with Gasteiger partial charge in [0.1, 0.15) is 5.75 Å². The molecule has 2 aromatic carbocycles. The van der Waals surface area contributed by atoms with E-state index < -0.39 is 0 Å². The summed E-state index contributed by atoms with van der Waals surface area (Å²) >= 11 is 5.90. The maximum atomic E-state index is 6.36. The normalized spacial score (nSPS) is 19.0. The molecule has 1 aliphatic heterocycles. The quantitative estimate of drug-likeness (QED) is 0.938. The summed E-state index contributed by atoms with van der Waals surface area (Å²) in [7, 11) is 0. The average molecular weight is 288 g/mol. The molecule has 2 atom stereocenters. The van der Waals surface area contributed by atoms with E-state index in [0.717, 1.165) is 23.6 Å². The zero-order valence-corrected chi connectivity index (χ0v) is 12.0. The number of hydrogen-bond acceptors (Lipinski definition) is 2. The average Bonchev–Trinajstić information content (AvgIpc) is 2.49. The fraction of sp³-hybridized carbons (Fsp3) is 0.294. The van der Waals surface area contributed by atoms with Gasteiger partial charge in [0.15, 0.2) is 0 Å². The standard InChI is InChI=1S/C17H18ClNO/c18-15-7-5-12(6-8-15)9-16(19)14-10-13-3-1-2-4-17(13)20-11-14/h1-8,14,16H,9-11,19H2. The first-order chi connectivity index (χ1) is 9.72. The number of fused-ring (bicyclic) bond motifs is 1. The monoisotopic (exact) mass is 287 g/mol. The number of halogens is 1. The van der Waals surface area contributed by atoms with Crippen LogP contribution in [-0.4, -0.2) is 12.6 Å². The highest BCUT2D eigenvalue weighted by Gasteiger charge is 2.25. The highest BCUT2D eigenvalue weighted by molar-refractivity contribution is 6.30. The van der Waals surface area contributed by atoms with Gasteiger partial charge in [-0.05, 0) is 42.2 Å². The van der Waals surface area contributed by atoms with E-state index in [1.54, 1.807) is 0 Å². The summed E-state index contributed by atoms with van der Waals surface area (Å²) in [6.45, 7) is 0.700. The van der Waals surface area contributed by atoms with Crippen LogP contribution in [-0.2, 0) is 12.8 Å². The minimum Gasteiger partial charge on any atom is -0.493 e. The van der Waals surface area contributed by atoms with Crippen molar-refractivity contribution < 1.29 is 4.74 Å². The van der Waals surface area contributed by atoms with Gasteiger partial charge in [-0.2, -0.15) is 0 Å². The van der Waals surface area contributed by atoms with Crippen molar-refractivity contribution in [1.29, 1.82) is 0 Å². The fourth-order valence-electron chi connectivity index (χ4n) is 2.69. The molecular formula is C17H18ClNO. The van der Waals surface area contributed by atoms with Crippen molar-refractivity contribution in [1.82, 2.24) is 0 Å². The first kappa shape index (κ1) is 13.5. The molecule has 2 N–H and O–H groups in total. The lowest BCUT2D eigenvalue weighted by Gasteiger charge is -2.29. The van der Waals surface area contributed by atoms with E-state index in [4.69, 9.17) is 22.1 Å². The number of ether oxygens (including phenoxy) is 1. The van der Waals surface area contributed by atoms with Crippen LogP contribution in [0.5, 0.6) is 5.75 Å². The molecule has 3 rings (SSSR count). The van der Waals surface area contributed by atoms with E-state index in [-0.39, 0.29) is 6.04 Å². The zero-order chi connectivity index (χ0) is 13.9. The van der Waals surface area contributed by atoms with Crippen LogP contribution in [0.3, 0.4) is 0 Å². The van der Waals surface area contributed by atoms with E-state index in [1.165, 1.54) is 11.1 Å². The number of hydrogen-bond donors (Lipinski definition) is 1. The molecule has 1 heterocycles. The SMILES string of the molecule is NC(Cc1ccc(Cl)cc1)C1COc2ccccc2C1. The Balaban J connectivity index is 1.67. The Morgan fingerprint density at radius 2 is 1.90 bits per heavy atom. The molecule has 0 spiro atoms. The Hall–Kier alpha value is -1.51. The molecule has 3 heteroatoms. The smallest absolute Gasteiger partial charge is 0.122 e. The van der Waals surface area contributed by atoms with Crippen LogP contribution in [0.15, 0.2) is 48.5 Å². The summed E-state index contributed by atoms with van der Waals surface area (Å²) in [5, 5.41) is 0.761. The topological polar surface area (TPSA) is 35.2 Å². The summed E-state index contributed by atoms with van der Waals surface area (Å²) in [5.41, 5.74) is 8.85.